The lowest BCUT2D eigenvalue weighted by Crippen LogP contribution is -2.08. The molecule has 0 N–H and O–H groups in total. The highest BCUT2D eigenvalue weighted by atomic mass is 35.5. The van der Waals surface area contributed by atoms with E-state index in [2.05, 4.69) is 4.98 Å². The van der Waals surface area contributed by atoms with Crippen LogP contribution in [0.2, 0.25) is 10.0 Å². The first-order valence-electron chi connectivity index (χ1n) is 6.61. The predicted octanol–water partition coefficient (Wildman–Crippen LogP) is 4.90. The van der Waals surface area contributed by atoms with Crippen LogP contribution in [0.5, 0.6) is 0 Å². The fraction of sp³-hybridized carbons (Fsp3) is 0.0588. The van der Waals surface area contributed by atoms with Gasteiger partial charge in [-0.05, 0) is 24.3 Å². The van der Waals surface area contributed by atoms with Crippen LogP contribution in [0.15, 0.2) is 54.6 Å². The summed E-state index contributed by atoms with van der Waals surface area (Å²) in [7, 11) is 0. The lowest BCUT2D eigenvalue weighted by atomic mass is 10.2. The Labute approximate surface area is 137 Å². The number of carbonyl (C=O) groups excluding carboxylic acids is 1. The molecule has 1 heterocycles. The number of esters is 1. The molecule has 22 heavy (non-hydrogen) atoms. The van der Waals surface area contributed by atoms with Gasteiger partial charge in [0.25, 0.3) is 0 Å². The number of carbonyl (C=O) groups is 1. The number of hydrogen-bond acceptors (Lipinski definition) is 3. The van der Waals surface area contributed by atoms with E-state index < -0.39 is 5.97 Å². The molecule has 110 valence electrons. The van der Waals surface area contributed by atoms with E-state index in [1.54, 1.807) is 24.3 Å². The highest BCUT2D eigenvalue weighted by Gasteiger charge is 2.12. The van der Waals surface area contributed by atoms with Gasteiger partial charge in [-0.15, -0.1) is 0 Å². The molecule has 1 aromatic heterocycles. The minimum absolute atomic E-state index is 0.00580. The van der Waals surface area contributed by atoms with E-state index in [1.165, 1.54) is 0 Å². The molecule has 5 heteroatoms. The molecule has 0 fully saturated rings. The third-order valence-corrected chi connectivity index (χ3v) is 3.93. The third-order valence-electron chi connectivity index (χ3n) is 3.22. The number of nitrogens with zero attached hydrogens (tertiary/aromatic N) is 1. The molecular formula is C17H11Cl2NO2. The Morgan fingerprint density at radius 3 is 2.45 bits per heavy atom. The van der Waals surface area contributed by atoms with Crippen LogP contribution >= 0.6 is 23.2 Å². The number of aromatic nitrogens is 1. The lowest BCUT2D eigenvalue weighted by molar-refractivity contribution is 0.0466. The largest absolute Gasteiger partial charge is 0.456 e. The van der Waals surface area contributed by atoms with E-state index in [-0.39, 0.29) is 12.3 Å². The van der Waals surface area contributed by atoms with Crippen molar-refractivity contribution < 1.29 is 9.53 Å². The van der Waals surface area contributed by atoms with Crippen LogP contribution in [0, 0.1) is 0 Å². The van der Waals surface area contributed by atoms with E-state index in [4.69, 9.17) is 27.9 Å². The second kappa shape index (κ2) is 6.34. The number of para-hydroxylation sites is 1. The first-order valence-corrected chi connectivity index (χ1v) is 7.36. The van der Waals surface area contributed by atoms with Crippen molar-refractivity contribution in [3.63, 3.8) is 0 Å². The zero-order chi connectivity index (χ0) is 15.5. The van der Waals surface area contributed by atoms with Crippen molar-refractivity contribution >= 4 is 40.1 Å². The van der Waals surface area contributed by atoms with Gasteiger partial charge in [0.2, 0.25) is 0 Å². The topological polar surface area (TPSA) is 39.2 Å². The lowest BCUT2D eigenvalue weighted by Gasteiger charge is -2.08. The molecule has 0 spiro atoms. The average Bonchev–Trinajstić information content (AvgIpc) is 2.53. The van der Waals surface area contributed by atoms with Crippen molar-refractivity contribution in [2.45, 2.75) is 6.61 Å². The van der Waals surface area contributed by atoms with Crippen molar-refractivity contribution in [3.8, 4) is 0 Å². The van der Waals surface area contributed by atoms with Crippen LogP contribution in [-0.2, 0) is 11.3 Å². The molecule has 0 radical (unpaired) electrons. The number of ether oxygens (including phenoxy) is 1. The molecule has 0 aliphatic rings. The molecule has 3 nitrogen and oxygen atoms in total. The first kappa shape index (κ1) is 14.8. The molecule has 0 bridgehead atoms. The highest BCUT2D eigenvalue weighted by molar-refractivity contribution is 6.35. The van der Waals surface area contributed by atoms with Crippen LogP contribution in [0.4, 0.5) is 0 Å². The zero-order valence-corrected chi connectivity index (χ0v) is 12.9. The molecule has 0 saturated heterocycles. The van der Waals surface area contributed by atoms with Crippen LogP contribution in [0.25, 0.3) is 10.9 Å². The van der Waals surface area contributed by atoms with Gasteiger partial charge in [0, 0.05) is 21.0 Å². The van der Waals surface area contributed by atoms with Crippen molar-refractivity contribution in [3.05, 3.63) is 75.9 Å². The van der Waals surface area contributed by atoms with Crippen molar-refractivity contribution in [2.75, 3.05) is 0 Å². The molecule has 0 saturated carbocycles. The van der Waals surface area contributed by atoms with Gasteiger partial charge >= 0.3 is 5.97 Å². The average molecular weight is 332 g/mol. The summed E-state index contributed by atoms with van der Waals surface area (Å²) >= 11 is 12.1. The van der Waals surface area contributed by atoms with Gasteiger partial charge in [0.05, 0.1) is 5.52 Å². The monoisotopic (exact) mass is 331 g/mol. The van der Waals surface area contributed by atoms with E-state index in [1.807, 2.05) is 30.3 Å². The Morgan fingerprint density at radius 1 is 0.955 bits per heavy atom. The summed E-state index contributed by atoms with van der Waals surface area (Å²) in [5.74, 6) is -0.512. The van der Waals surface area contributed by atoms with Crippen molar-refractivity contribution in [2.24, 2.45) is 0 Å². The van der Waals surface area contributed by atoms with Crippen LogP contribution < -0.4 is 0 Å². The predicted molar refractivity (Wildman–Crippen MR) is 87.3 cm³/mol. The highest BCUT2D eigenvalue weighted by Crippen LogP contribution is 2.25. The number of halogens is 2. The number of fused-ring (bicyclic) bond motifs is 1. The Bertz CT molecular complexity index is 829. The molecule has 0 aliphatic carbocycles. The van der Waals surface area contributed by atoms with Gasteiger partial charge in [-0.2, -0.15) is 0 Å². The van der Waals surface area contributed by atoms with Gasteiger partial charge in [-0.1, -0.05) is 53.5 Å². The quantitative estimate of drug-likeness (QED) is 0.641. The fourth-order valence-electron chi connectivity index (χ4n) is 2.06. The maximum absolute atomic E-state index is 12.1. The molecule has 0 unspecified atom stereocenters. The number of hydrogen-bond donors (Lipinski definition) is 0. The van der Waals surface area contributed by atoms with Gasteiger partial charge in [-0.3, -0.25) is 0 Å². The van der Waals surface area contributed by atoms with Gasteiger partial charge < -0.3 is 4.74 Å². The smallest absolute Gasteiger partial charge is 0.357 e. The summed E-state index contributed by atoms with van der Waals surface area (Å²) in [5, 5.41) is 1.90. The molecule has 3 aromatic rings. The van der Waals surface area contributed by atoms with Crippen LogP contribution in [-0.4, -0.2) is 11.0 Å². The van der Waals surface area contributed by atoms with Crippen LogP contribution in [0.1, 0.15) is 16.1 Å². The maximum atomic E-state index is 12.1. The Balaban J connectivity index is 1.79. The SMILES string of the molecule is O=C(OCc1c(Cl)cccc1Cl)c1ccc2ccccc2n1. The summed E-state index contributed by atoms with van der Waals surface area (Å²) < 4.78 is 5.25. The van der Waals surface area contributed by atoms with E-state index in [0.717, 1.165) is 10.9 Å². The fourth-order valence-corrected chi connectivity index (χ4v) is 2.57. The Kier molecular flexibility index (Phi) is 4.27. The molecule has 0 amide bonds. The third kappa shape index (κ3) is 3.06. The molecule has 0 atom stereocenters. The van der Waals surface area contributed by atoms with E-state index in [9.17, 15) is 4.79 Å². The second-order valence-corrected chi connectivity index (χ2v) is 5.48. The summed E-state index contributed by atoms with van der Waals surface area (Å²) in [6.45, 7) is 0.00580. The molecular weight excluding hydrogens is 321 g/mol. The normalized spacial score (nSPS) is 10.6. The zero-order valence-electron chi connectivity index (χ0n) is 11.4. The number of pyridine rings is 1. The van der Waals surface area contributed by atoms with Crippen molar-refractivity contribution in [1.29, 1.82) is 0 Å². The number of rotatable bonds is 3. The van der Waals surface area contributed by atoms with Crippen LogP contribution in [0.3, 0.4) is 0 Å². The van der Waals surface area contributed by atoms with Gasteiger partial charge in [0.15, 0.2) is 0 Å². The summed E-state index contributed by atoms with van der Waals surface area (Å²) in [6.07, 6.45) is 0. The first-order chi connectivity index (χ1) is 10.6. The second-order valence-electron chi connectivity index (χ2n) is 4.67. The summed E-state index contributed by atoms with van der Waals surface area (Å²) in [5.41, 5.74) is 1.58. The van der Waals surface area contributed by atoms with Crippen molar-refractivity contribution in [1.82, 2.24) is 4.98 Å². The molecule has 3 rings (SSSR count). The van der Waals surface area contributed by atoms with E-state index in [0.29, 0.717) is 15.6 Å². The maximum Gasteiger partial charge on any atom is 0.357 e. The Morgan fingerprint density at radius 2 is 1.68 bits per heavy atom. The summed E-state index contributed by atoms with van der Waals surface area (Å²) in [4.78, 5) is 16.4. The minimum Gasteiger partial charge on any atom is -0.456 e. The summed E-state index contributed by atoms with van der Waals surface area (Å²) in [6, 6.07) is 16.2. The molecule has 0 aliphatic heterocycles. The Hall–Kier alpha value is -2.10. The van der Waals surface area contributed by atoms with E-state index >= 15 is 0 Å². The number of benzene rings is 2. The minimum atomic E-state index is -0.512. The standard InChI is InChI=1S/C17H11Cl2NO2/c18-13-5-3-6-14(19)12(13)10-22-17(21)16-9-8-11-4-1-2-7-15(11)20-16/h1-9H,10H2. The molecule has 2 aromatic carbocycles. The van der Waals surface area contributed by atoms with Gasteiger partial charge in [0.1, 0.15) is 12.3 Å². The van der Waals surface area contributed by atoms with Gasteiger partial charge in [-0.25, -0.2) is 9.78 Å².